The average molecular weight is 227 g/mol. The van der Waals surface area contributed by atoms with Gasteiger partial charge >= 0.3 is 0 Å². The Kier molecular flexibility index (Phi) is 3.30. The van der Waals surface area contributed by atoms with E-state index >= 15 is 0 Å². The molecule has 0 aromatic heterocycles. The number of aliphatic hydroxyl groups excluding tert-OH is 1. The van der Waals surface area contributed by atoms with Gasteiger partial charge in [0.05, 0.1) is 12.2 Å². The molecule has 0 aromatic carbocycles. The van der Waals surface area contributed by atoms with Crippen molar-refractivity contribution in [2.75, 3.05) is 13.7 Å². The lowest BCUT2D eigenvalue weighted by atomic mass is 9.88. The van der Waals surface area contributed by atoms with Crippen LogP contribution < -0.4 is 0 Å². The Morgan fingerprint density at radius 3 is 2.38 bits per heavy atom. The van der Waals surface area contributed by atoms with E-state index in [2.05, 4.69) is 32.7 Å². The molecule has 4 atom stereocenters. The molecule has 1 aliphatic carbocycles. The summed E-state index contributed by atoms with van der Waals surface area (Å²) in [6, 6.07) is 0.790. The first-order valence-corrected chi connectivity index (χ1v) is 6.45. The molecule has 4 unspecified atom stereocenters. The van der Waals surface area contributed by atoms with Crippen LogP contribution in [0.4, 0.5) is 0 Å². The molecule has 1 aliphatic heterocycles. The van der Waals surface area contributed by atoms with Crippen LogP contribution in [0.25, 0.3) is 0 Å². The minimum Gasteiger partial charge on any atom is -0.391 e. The fourth-order valence-electron chi connectivity index (χ4n) is 3.27. The first kappa shape index (κ1) is 12.3. The third-order valence-electron chi connectivity index (χ3n) is 4.63. The van der Waals surface area contributed by atoms with Crippen LogP contribution in [0.2, 0.25) is 0 Å². The van der Waals surface area contributed by atoms with Crippen LogP contribution in [-0.2, 0) is 4.74 Å². The van der Waals surface area contributed by atoms with Crippen molar-refractivity contribution in [2.45, 2.75) is 64.3 Å². The Bertz CT molecular complexity index is 254. The summed E-state index contributed by atoms with van der Waals surface area (Å²) in [4.78, 5) is 2.36. The number of hydrogen-bond acceptors (Lipinski definition) is 3. The second-order valence-electron chi connectivity index (χ2n) is 6.14. The average Bonchev–Trinajstić information content (AvgIpc) is 2.73. The van der Waals surface area contributed by atoms with Crippen LogP contribution in [0.3, 0.4) is 0 Å². The zero-order chi connectivity index (χ0) is 11.9. The van der Waals surface area contributed by atoms with E-state index in [1.165, 1.54) is 0 Å². The third-order valence-corrected chi connectivity index (χ3v) is 4.63. The molecule has 94 valence electrons. The molecular weight excluding hydrogens is 202 g/mol. The van der Waals surface area contributed by atoms with E-state index in [0.29, 0.717) is 18.2 Å². The first-order valence-electron chi connectivity index (χ1n) is 6.45. The maximum Gasteiger partial charge on any atom is 0.0746 e. The Labute approximate surface area is 98.8 Å². The SMILES string of the molecule is CC1OCCC1N(C)C1CCC(C)(C)C1O. The van der Waals surface area contributed by atoms with E-state index < -0.39 is 0 Å². The molecule has 2 fully saturated rings. The maximum atomic E-state index is 10.4. The summed E-state index contributed by atoms with van der Waals surface area (Å²) >= 11 is 0. The van der Waals surface area contributed by atoms with E-state index in [1.807, 2.05) is 0 Å². The van der Waals surface area contributed by atoms with Crippen LogP contribution in [0.5, 0.6) is 0 Å². The quantitative estimate of drug-likeness (QED) is 0.778. The van der Waals surface area contributed by atoms with Crippen LogP contribution in [0.15, 0.2) is 0 Å². The lowest BCUT2D eigenvalue weighted by molar-refractivity contribution is -0.00421. The molecule has 1 saturated heterocycles. The molecule has 0 spiro atoms. The van der Waals surface area contributed by atoms with Gasteiger partial charge in [0.15, 0.2) is 0 Å². The molecule has 2 aliphatic rings. The minimum atomic E-state index is -0.203. The highest BCUT2D eigenvalue weighted by molar-refractivity contribution is 4.98. The molecule has 3 nitrogen and oxygen atoms in total. The molecule has 1 N–H and O–H groups in total. The monoisotopic (exact) mass is 227 g/mol. The number of likely N-dealkylation sites (N-methyl/N-ethyl adjacent to an activating group) is 1. The van der Waals surface area contributed by atoms with Gasteiger partial charge in [0, 0.05) is 18.7 Å². The van der Waals surface area contributed by atoms with Crippen LogP contribution in [0, 0.1) is 5.41 Å². The van der Waals surface area contributed by atoms with Gasteiger partial charge in [-0.3, -0.25) is 4.90 Å². The van der Waals surface area contributed by atoms with Crippen molar-refractivity contribution in [3.63, 3.8) is 0 Å². The molecule has 2 rings (SSSR count). The number of rotatable bonds is 2. The van der Waals surface area contributed by atoms with Crippen molar-refractivity contribution in [2.24, 2.45) is 5.41 Å². The van der Waals surface area contributed by atoms with E-state index in [-0.39, 0.29) is 11.5 Å². The Hall–Kier alpha value is -0.120. The summed E-state index contributed by atoms with van der Waals surface area (Å²) in [6.45, 7) is 7.34. The largest absolute Gasteiger partial charge is 0.391 e. The van der Waals surface area contributed by atoms with Crippen molar-refractivity contribution in [3.8, 4) is 0 Å². The molecule has 0 aromatic rings. The molecule has 16 heavy (non-hydrogen) atoms. The van der Waals surface area contributed by atoms with E-state index in [1.54, 1.807) is 0 Å². The molecule has 3 heteroatoms. The van der Waals surface area contributed by atoms with Crippen molar-refractivity contribution in [1.82, 2.24) is 4.90 Å². The highest BCUT2D eigenvalue weighted by Crippen LogP contribution is 2.40. The smallest absolute Gasteiger partial charge is 0.0746 e. The summed E-state index contributed by atoms with van der Waals surface area (Å²) in [6.07, 6.45) is 3.42. The van der Waals surface area contributed by atoms with Crippen molar-refractivity contribution in [1.29, 1.82) is 0 Å². The first-order chi connectivity index (χ1) is 7.43. The molecule has 0 amide bonds. The van der Waals surface area contributed by atoms with Gasteiger partial charge in [-0.2, -0.15) is 0 Å². The molecule has 1 saturated carbocycles. The third kappa shape index (κ3) is 2.01. The lowest BCUT2D eigenvalue weighted by Crippen LogP contribution is -2.49. The number of aliphatic hydroxyl groups is 1. The summed E-state index contributed by atoms with van der Waals surface area (Å²) in [5, 5.41) is 10.4. The summed E-state index contributed by atoms with van der Waals surface area (Å²) < 4.78 is 5.61. The van der Waals surface area contributed by atoms with Gasteiger partial charge < -0.3 is 9.84 Å². The van der Waals surface area contributed by atoms with Crippen LogP contribution >= 0.6 is 0 Å². The fraction of sp³-hybridized carbons (Fsp3) is 1.00. The fourth-order valence-corrected chi connectivity index (χ4v) is 3.27. The Morgan fingerprint density at radius 2 is 1.94 bits per heavy atom. The zero-order valence-electron chi connectivity index (χ0n) is 10.9. The number of ether oxygens (including phenoxy) is 1. The maximum absolute atomic E-state index is 10.4. The Balaban J connectivity index is 2.03. The molecule has 1 heterocycles. The van der Waals surface area contributed by atoms with Gasteiger partial charge in [0.25, 0.3) is 0 Å². The van der Waals surface area contributed by atoms with Crippen molar-refractivity contribution >= 4 is 0 Å². The van der Waals surface area contributed by atoms with E-state index in [0.717, 1.165) is 25.9 Å². The van der Waals surface area contributed by atoms with Gasteiger partial charge in [0.2, 0.25) is 0 Å². The van der Waals surface area contributed by atoms with E-state index in [4.69, 9.17) is 4.74 Å². The van der Waals surface area contributed by atoms with E-state index in [9.17, 15) is 5.11 Å². The van der Waals surface area contributed by atoms with Gasteiger partial charge in [0.1, 0.15) is 0 Å². The minimum absolute atomic E-state index is 0.0711. The molecular formula is C13H25NO2. The standard InChI is InChI=1S/C13H25NO2/c1-9-10(6-8-16-9)14(4)11-5-7-13(2,3)12(11)15/h9-12,15H,5-8H2,1-4H3. The highest BCUT2D eigenvalue weighted by Gasteiger charge is 2.45. The second-order valence-corrected chi connectivity index (χ2v) is 6.14. The topological polar surface area (TPSA) is 32.7 Å². The molecule has 0 bridgehead atoms. The van der Waals surface area contributed by atoms with Gasteiger partial charge in [-0.15, -0.1) is 0 Å². The number of nitrogens with zero attached hydrogens (tertiary/aromatic N) is 1. The van der Waals surface area contributed by atoms with Crippen LogP contribution in [0.1, 0.15) is 40.0 Å². The highest BCUT2D eigenvalue weighted by atomic mass is 16.5. The van der Waals surface area contributed by atoms with Crippen molar-refractivity contribution < 1.29 is 9.84 Å². The molecule has 0 radical (unpaired) electrons. The summed E-state index contributed by atoms with van der Waals surface area (Å²) in [5.74, 6) is 0. The Morgan fingerprint density at radius 1 is 1.25 bits per heavy atom. The lowest BCUT2D eigenvalue weighted by Gasteiger charge is -2.36. The van der Waals surface area contributed by atoms with Gasteiger partial charge in [-0.1, -0.05) is 13.8 Å². The van der Waals surface area contributed by atoms with Crippen LogP contribution in [-0.4, -0.2) is 48.0 Å². The van der Waals surface area contributed by atoms with Crippen molar-refractivity contribution in [3.05, 3.63) is 0 Å². The van der Waals surface area contributed by atoms with Gasteiger partial charge in [-0.25, -0.2) is 0 Å². The van der Waals surface area contributed by atoms with Gasteiger partial charge in [-0.05, 0) is 38.6 Å². The summed E-state index contributed by atoms with van der Waals surface area (Å²) in [5.41, 5.74) is 0.0711. The zero-order valence-corrected chi connectivity index (χ0v) is 10.9. The second kappa shape index (κ2) is 4.28. The summed E-state index contributed by atoms with van der Waals surface area (Å²) in [7, 11) is 2.14. The number of hydrogen-bond donors (Lipinski definition) is 1. The normalized spacial score (nSPS) is 43.1. The predicted molar refractivity (Wildman–Crippen MR) is 64.4 cm³/mol. The predicted octanol–water partition coefficient (Wildman–Crippen LogP) is 1.65.